The second kappa shape index (κ2) is 9.72. The molecule has 1 heterocycles. The van der Waals surface area contributed by atoms with Crippen LogP contribution in [-0.2, 0) is 10.0 Å². The molecule has 0 unspecified atom stereocenters. The lowest BCUT2D eigenvalue weighted by Crippen LogP contribution is -2.48. The number of nitrogens with zero attached hydrogens (tertiary/aromatic N) is 2. The Morgan fingerprint density at radius 3 is 2.21 bits per heavy atom. The summed E-state index contributed by atoms with van der Waals surface area (Å²) in [5.74, 6) is 0.669. The van der Waals surface area contributed by atoms with E-state index in [0.29, 0.717) is 31.7 Å². The van der Waals surface area contributed by atoms with Crippen LogP contribution in [-0.4, -0.2) is 52.5 Å². The van der Waals surface area contributed by atoms with Gasteiger partial charge in [-0.15, -0.1) is 0 Å². The van der Waals surface area contributed by atoms with Crippen LogP contribution in [0, 0.1) is 0 Å². The Morgan fingerprint density at radius 2 is 1.61 bits per heavy atom. The largest absolute Gasteiger partial charge is 0.497 e. The van der Waals surface area contributed by atoms with E-state index in [2.05, 4.69) is 9.62 Å². The average Bonchev–Trinajstić information content (AvgIpc) is 2.85. The van der Waals surface area contributed by atoms with Crippen LogP contribution in [0.25, 0.3) is 0 Å². The summed E-state index contributed by atoms with van der Waals surface area (Å²) >= 11 is 6.32. The number of hydrogen-bond acceptors (Lipinski definition) is 5. The number of hydrogen-bond donors (Lipinski definition) is 1. The molecule has 3 aromatic carbocycles. The summed E-state index contributed by atoms with van der Waals surface area (Å²) < 4.78 is 32.8. The van der Waals surface area contributed by atoms with Gasteiger partial charge in [-0.05, 0) is 54.6 Å². The summed E-state index contributed by atoms with van der Waals surface area (Å²) in [6.45, 7) is 2.57. The third-order valence-electron chi connectivity index (χ3n) is 5.52. The van der Waals surface area contributed by atoms with Crippen molar-refractivity contribution in [2.24, 2.45) is 0 Å². The van der Waals surface area contributed by atoms with Gasteiger partial charge < -0.3 is 14.5 Å². The number of sulfonamides is 1. The van der Waals surface area contributed by atoms with Crippen molar-refractivity contribution in [3.05, 3.63) is 83.4 Å². The second-order valence-electron chi connectivity index (χ2n) is 7.59. The fourth-order valence-corrected chi connectivity index (χ4v) is 5.06. The average molecular weight is 486 g/mol. The highest BCUT2D eigenvalue weighted by atomic mass is 35.5. The zero-order chi connectivity index (χ0) is 23.4. The Bertz CT molecular complexity index is 1230. The van der Waals surface area contributed by atoms with Crippen molar-refractivity contribution in [1.82, 2.24) is 4.90 Å². The van der Waals surface area contributed by atoms with Gasteiger partial charge in [0.2, 0.25) is 0 Å². The summed E-state index contributed by atoms with van der Waals surface area (Å²) in [4.78, 5) is 17.1. The minimum atomic E-state index is -3.77. The van der Waals surface area contributed by atoms with E-state index in [-0.39, 0.29) is 21.5 Å². The van der Waals surface area contributed by atoms with Crippen LogP contribution in [0.5, 0.6) is 5.75 Å². The van der Waals surface area contributed by atoms with Crippen molar-refractivity contribution < 1.29 is 17.9 Å². The van der Waals surface area contributed by atoms with E-state index in [1.165, 1.54) is 24.3 Å². The predicted molar refractivity (Wildman–Crippen MR) is 130 cm³/mol. The quantitative estimate of drug-likeness (QED) is 0.568. The molecule has 9 heteroatoms. The second-order valence-corrected chi connectivity index (χ2v) is 9.68. The van der Waals surface area contributed by atoms with Crippen LogP contribution in [0.15, 0.2) is 77.7 Å². The number of anilines is 2. The zero-order valence-electron chi connectivity index (χ0n) is 18.1. The highest BCUT2D eigenvalue weighted by molar-refractivity contribution is 7.92. The van der Waals surface area contributed by atoms with E-state index in [0.717, 1.165) is 11.4 Å². The zero-order valence-corrected chi connectivity index (χ0v) is 19.6. The molecule has 7 nitrogen and oxygen atoms in total. The number of amides is 1. The normalized spacial score (nSPS) is 14.1. The van der Waals surface area contributed by atoms with Crippen LogP contribution < -0.4 is 14.4 Å². The monoisotopic (exact) mass is 485 g/mol. The minimum absolute atomic E-state index is 0.135. The summed E-state index contributed by atoms with van der Waals surface area (Å²) in [5, 5.41) is 0.164. The minimum Gasteiger partial charge on any atom is -0.497 e. The Morgan fingerprint density at radius 1 is 0.939 bits per heavy atom. The maximum Gasteiger partial charge on any atom is 0.261 e. The molecule has 3 aromatic rings. The van der Waals surface area contributed by atoms with Gasteiger partial charge in [-0.1, -0.05) is 29.8 Å². The molecule has 0 aromatic heterocycles. The first-order valence-electron chi connectivity index (χ1n) is 10.4. The lowest BCUT2D eigenvalue weighted by atomic mass is 10.1. The van der Waals surface area contributed by atoms with Gasteiger partial charge in [-0.25, -0.2) is 8.42 Å². The fourth-order valence-electron chi connectivity index (χ4n) is 3.68. The van der Waals surface area contributed by atoms with Gasteiger partial charge in [-0.2, -0.15) is 0 Å². The Labute approximate surface area is 198 Å². The van der Waals surface area contributed by atoms with E-state index < -0.39 is 10.0 Å². The smallest absolute Gasteiger partial charge is 0.261 e. The number of carbonyl (C=O) groups excluding carboxylic acids is 1. The molecule has 0 atom stereocenters. The van der Waals surface area contributed by atoms with Crippen LogP contribution in [0.4, 0.5) is 11.4 Å². The Hall–Kier alpha value is -3.23. The van der Waals surface area contributed by atoms with Gasteiger partial charge in [0.1, 0.15) is 5.75 Å². The van der Waals surface area contributed by atoms with E-state index >= 15 is 0 Å². The molecule has 1 fully saturated rings. The van der Waals surface area contributed by atoms with E-state index in [1.54, 1.807) is 36.3 Å². The topological polar surface area (TPSA) is 79.0 Å². The molecule has 0 aliphatic carbocycles. The van der Waals surface area contributed by atoms with Crippen molar-refractivity contribution >= 4 is 38.9 Å². The summed E-state index contributed by atoms with van der Waals surface area (Å²) in [6, 6.07) is 20.5. The lowest BCUT2D eigenvalue weighted by Gasteiger charge is -2.36. The number of benzene rings is 3. The molecule has 1 aliphatic heterocycles. The number of piperazine rings is 1. The maximum absolute atomic E-state index is 13.0. The molecule has 0 spiro atoms. The molecule has 1 N–H and O–H groups in total. The van der Waals surface area contributed by atoms with Crippen molar-refractivity contribution in [1.29, 1.82) is 0 Å². The predicted octanol–water partition coefficient (Wildman–Crippen LogP) is 4.11. The van der Waals surface area contributed by atoms with Crippen LogP contribution in [0.1, 0.15) is 10.4 Å². The molecular weight excluding hydrogens is 462 g/mol. The number of ether oxygens (including phenoxy) is 1. The molecule has 0 bridgehead atoms. The van der Waals surface area contributed by atoms with Crippen molar-refractivity contribution in [2.75, 3.05) is 42.9 Å². The van der Waals surface area contributed by atoms with Crippen LogP contribution in [0.3, 0.4) is 0 Å². The van der Waals surface area contributed by atoms with Gasteiger partial charge >= 0.3 is 0 Å². The van der Waals surface area contributed by atoms with E-state index in [4.69, 9.17) is 16.3 Å². The third kappa shape index (κ3) is 5.23. The third-order valence-corrected chi connectivity index (χ3v) is 7.21. The number of carbonyl (C=O) groups is 1. The Balaban J connectivity index is 1.40. The lowest BCUT2D eigenvalue weighted by molar-refractivity contribution is 0.0747. The number of nitrogens with one attached hydrogen (secondary N) is 1. The number of halogens is 1. The van der Waals surface area contributed by atoms with Gasteiger partial charge in [-0.3, -0.25) is 9.52 Å². The van der Waals surface area contributed by atoms with Gasteiger partial charge in [0, 0.05) is 37.4 Å². The molecule has 0 radical (unpaired) electrons. The molecule has 172 valence electrons. The van der Waals surface area contributed by atoms with Crippen molar-refractivity contribution in [3.8, 4) is 5.75 Å². The molecule has 1 saturated heterocycles. The molecule has 0 saturated carbocycles. The summed E-state index contributed by atoms with van der Waals surface area (Å²) in [7, 11) is -2.13. The highest BCUT2D eigenvalue weighted by Crippen LogP contribution is 2.27. The maximum atomic E-state index is 13.0. The first-order valence-corrected chi connectivity index (χ1v) is 12.3. The summed E-state index contributed by atoms with van der Waals surface area (Å²) in [5.41, 5.74) is 1.72. The van der Waals surface area contributed by atoms with E-state index in [9.17, 15) is 13.2 Å². The van der Waals surface area contributed by atoms with Gasteiger partial charge in [0.25, 0.3) is 15.9 Å². The molecule has 4 rings (SSSR count). The first kappa shape index (κ1) is 22.9. The van der Waals surface area contributed by atoms with Crippen LogP contribution >= 0.6 is 11.6 Å². The number of rotatable bonds is 6. The molecule has 1 aliphatic rings. The molecule has 33 heavy (non-hydrogen) atoms. The standard InChI is InChI=1S/C24H24ClN3O4S/c1-32-20-10-8-19(9-11-20)27-13-15-28(16-14-27)24(29)18-7-12-23(22(25)17-18)26-33(30,31)21-5-3-2-4-6-21/h2-12,17,26H,13-16H2,1H3. The fraction of sp³-hybridized carbons (Fsp3) is 0.208. The van der Waals surface area contributed by atoms with Gasteiger partial charge in [0.05, 0.1) is 22.7 Å². The Kier molecular flexibility index (Phi) is 6.76. The van der Waals surface area contributed by atoms with Crippen molar-refractivity contribution in [3.63, 3.8) is 0 Å². The molecule has 1 amide bonds. The van der Waals surface area contributed by atoms with Crippen LogP contribution in [0.2, 0.25) is 5.02 Å². The van der Waals surface area contributed by atoms with Gasteiger partial charge in [0.15, 0.2) is 0 Å². The summed E-state index contributed by atoms with van der Waals surface area (Å²) in [6.07, 6.45) is 0. The van der Waals surface area contributed by atoms with E-state index in [1.807, 2.05) is 24.3 Å². The first-order chi connectivity index (χ1) is 15.9. The molecular formula is C24H24ClN3O4S. The number of methoxy groups -OCH3 is 1. The SMILES string of the molecule is COc1ccc(N2CCN(C(=O)c3ccc(NS(=O)(=O)c4ccccc4)c(Cl)c3)CC2)cc1. The van der Waals surface area contributed by atoms with Crippen molar-refractivity contribution in [2.45, 2.75) is 4.90 Å². The highest BCUT2D eigenvalue weighted by Gasteiger charge is 2.23.